The highest BCUT2D eigenvalue weighted by molar-refractivity contribution is 5.84. The van der Waals surface area contributed by atoms with Gasteiger partial charge in [-0.3, -0.25) is 0 Å². The lowest BCUT2D eigenvalue weighted by Gasteiger charge is -2.08. The van der Waals surface area contributed by atoms with Gasteiger partial charge in [0.05, 0.1) is 12.7 Å². The van der Waals surface area contributed by atoms with Crippen LogP contribution in [0.2, 0.25) is 0 Å². The van der Waals surface area contributed by atoms with E-state index in [0.29, 0.717) is 12.3 Å². The predicted octanol–water partition coefficient (Wildman–Crippen LogP) is 1.50. The van der Waals surface area contributed by atoms with E-state index in [1.165, 1.54) is 23.0 Å². The van der Waals surface area contributed by atoms with Crippen LogP contribution in [0.1, 0.15) is 16.1 Å². The Balaban J connectivity index is 1.92. The van der Waals surface area contributed by atoms with Gasteiger partial charge >= 0.3 is 5.97 Å². The van der Waals surface area contributed by atoms with E-state index in [0.717, 1.165) is 5.56 Å². The van der Waals surface area contributed by atoms with Crippen molar-refractivity contribution in [1.82, 2.24) is 15.0 Å². The number of halogens is 1. The molecule has 1 aromatic heterocycles. The first-order valence-corrected chi connectivity index (χ1v) is 5.58. The summed E-state index contributed by atoms with van der Waals surface area (Å²) in [5.41, 5.74) is 0.702. The van der Waals surface area contributed by atoms with Crippen molar-refractivity contribution < 1.29 is 19.0 Å². The van der Waals surface area contributed by atoms with Gasteiger partial charge in [-0.25, -0.2) is 13.9 Å². The monoisotopic (exact) mass is 265 g/mol. The number of benzene rings is 1. The van der Waals surface area contributed by atoms with Crippen molar-refractivity contribution in [3.63, 3.8) is 0 Å². The molecule has 0 amide bonds. The summed E-state index contributed by atoms with van der Waals surface area (Å²) in [6.45, 7) is 2.38. The first-order valence-electron chi connectivity index (χ1n) is 5.58. The van der Waals surface area contributed by atoms with E-state index in [1.807, 2.05) is 6.92 Å². The molecule has 1 heterocycles. The number of ether oxygens (including phenoxy) is 1. The lowest BCUT2D eigenvalue weighted by molar-refractivity contribution is 0.0690. The molecule has 0 saturated carbocycles. The molecule has 0 bridgehead atoms. The second kappa shape index (κ2) is 5.47. The molecule has 0 saturated heterocycles. The molecule has 100 valence electrons. The van der Waals surface area contributed by atoms with E-state index in [2.05, 4.69) is 10.3 Å². The quantitative estimate of drug-likeness (QED) is 0.886. The van der Waals surface area contributed by atoms with Gasteiger partial charge in [-0.1, -0.05) is 11.3 Å². The minimum Gasteiger partial charge on any atom is -0.491 e. The molecular formula is C12H12FN3O3. The second-order valence-corrected chi connectivity index (χ2v) is 3.93. The Morgan fingerprint density at radius 3 is 3.00 bits per heavy atom. The fraction of sp³-hybridized carbons (Fsp3) is 0.250. The van der Waals surface area contributed by atoms with Crippen molar-refractivity contribution in [1.29, 1.82) is 0 Å². The number of aryl methyl sites for hydroxylation is 1. The maximum absolute atomic E-state index is 13.0. The third kappa shape index (κ3) is 3.27. The molecule has 0 aliphatic rings. The Hall–Kier alpha value is -2.44. The van der Waals surface area contributed by atoms with Crippen LogP contribution in [-0.4, -0.2) is 32.7 Å². The van der Waals surface area contributed by atoms with Crippen LogP contribution in [0, 0.1) is 12.7 Å². The fourth-order valence-corrected chi connectivity index (χ4v) is 1.48. The number of aromatic nitrogens is 3. The van der Waals surface area contributed by atoms with Crippen LogP contribution >= 0.6 is 0 Å². The average molecular weight is 265 g/mol. The van der Waals surface area contributed by atoms with Gasteiger partial charge in [0.1, 0.15) is 18.2 Å². The molecule has 2 aromatic rings. The predicted molar refractivity (Wildman–Crippen MR) is 63.6 cm³/mol. The third-order valence-electron chi connectivity index (χ3n) is 2.49. The number of hydrogen-bond donors (Lipinski definition) is 1. The first kappa shape index (κ1) is 13.0. The number of nitrogens with zero attached hydrogens (tertiary/aromatic N) is 3. The number of carboxylic acid groups (broad SMARTS) is 1. The van der Waals surface area contributed by atoms with Gasteiger partial charge in [-0.15, -0.1) is 5.10 Å². The SMILES string of the molecule is Cc1ccc(F)cc1OCCn1cc(C(=O)O)nn1. The van der Waals surface area contributed by atoms with Crippen molar-refractivity contribution in [3.05, 3.63) is 41.5 Å². The van der Waals surface area contributed by atoms with E-state index in [4.69, 9.17) is 9.84 Å². The summed E-state index contributed by atoms with van der Waals surface area (Å²) in [4.78, 5) is 10.6. The molecule has 6 nitrogen and oxygen atoms in total. The highest BCUT2D eigenvalue weighted by atomic mass is 19.1. The molecule has 1 N–H and O–H groups in total. The van der Waals surface area contributed by atoms with E-state index in [9.17, 15) is 9.18 Å². The van der Waals surface area contributed by atoms with Gasteiger partial charge in [0.25, 0.3) is 0 Å². The lowest BCUT2D eigenvalue weighted by atomic mass is 10.2. The van der Waals surface area contributed by atoms with Crippen LogP contribution in [0.15, 0.2) is 24.4 Å². The number of hydrogen-bond acceptors (Lipinski definition) is 4. The Morgan fingerprint density at radius 2 is 2.32 bits per heavy atom. The van der Waals surface area contributed by atoms with Gasteiger partial charge in [0, 0.05) is 6.07 Å². The zero-order valence-electron chi connectivity index (χ0n) is 10.2. The van der Waals surface area contributed by atoms with Gasteiger partial charge in [0.2, 0.25) is 0 Å². The molecule has 0 aliphatic carbocycles. The van der Waals surface area contributed by atoms with E-state index >= 15 is 0 Å². The summed E-state index contributed by atoms with van der Waals surface area (Å²) in [5, 5.41) is 15.8. The second-order valence-electron chi connectivity index (χ2n) is 3.93. The minimum atomic E-state index is -1.13. The van der Waals surface area contributed by atoms with Gasteiger partial charge in [-0.2, -0.15) is 0 Å². The summed E-state index contributed by atoms with van der Waals surface area (Å²) in [6, 6.07) is 4.29. The summed E-state index contributed by atoms with van der Waals surface area (Å²) < 4.78 is 19.8. The standard InChI is InChI=1S/C12H12FN3O3/c1-8-2-3-9(13)6-11(8)19-5-4-16-7-10(12(17)18)14-15-16/h2-3,6-7H,4-5H2,1H3,(H,17,18). The molecule has 0 atom stereocenters. The summed E-state index contributed by atoms with van der Waals surface area (Å²) in [5.74, 6) is -1.04. The number of carbonyl (C=O) groups is 1. The molecule has 0 spiro atoms. The first-order chi connectivity index (χ1) is 9.06. The lowest BCUT2D eigenvalue weighted by Crippen LogP contribution is -2.09. The Morgan fingerprint density at radius 1 is 1.53 bits per heavy atom. The van der Waals surface area contributed by atoms with E-state index in [-0.39, 0.29) is 18.1 Å². The van der Waals surface area contributed by atoms with Crippen LogP contribution in [0.4, 0.5) is 4.39 Å². The van der Waals surface area contributed by atoms with Crippen LogP contribution in [0.5, 0.6) is 5.75 Å². The van der Waals surface area contributed by atoms with Crippen LogP contribution in [-0.2, 0) is 6.54 Å². The van der Waals surface area contributed by atoms with Gasteiger partial charge < -0.3 is 9.84 Å². The smallest absolute Gasteiger partial charge is 0.358 e. The highest BCUT2D eigenvalue weighted by Crippen LogP contribution is 2.18. The molecule has 0 unspecified atom stereocenters. The van der Waals surface area contributed by atoms with Crippen LogP contribution < -0.4 is 4.74 Å². The van der Waals surface area contributed by atoms with E-state index < -0.39 is 5.97 Å². The Kier molecular flexibility index (Phi) is 3.74. The number of aromatic carboxylic acids is 1. The van der Waals surface area contributed by atoms with Crippen LogP contribution in [0.3, 0.4) is 0 Å². The molecule has 1 aromatic carbocycles. The molecule has 7 heteroatoms. The topological polar surface area (TPSA) is 77.2 Å². The summed E-state index contributed by atoms with van der Waals surface area (Å²) >= 11 is 0. The highest BCUT2D eigenvalue weighted by Gasteiger charge is 2.08. The molecule has 0 aliphatic heterocycles. The van der Waals surface area contributed by atoms with Crippen molar-refractivity contribution in [2.75, 3.05) is 6.61 Å². The van der Waals surface area contributed by atoms with Crippen molar-refractivity contribution in [2.24, 2.45) is 0 Å². The van der Waals surface area contributed by atoms with Gasteiger partial charge in [0.15, 0.2) is 5.69 Å². The average Bonchev–Trinajstić information content (AvgIpc) is 2.82. The van der Waals surface area contributed by atoms with Crippen molar-refractivity contribution in [3.8, 4) is 5.75 Å². The number of rotatable bonds is 5. The van der Waals surface area contributed by atoms with E-state index in [1.54, 1.807) is 6.07 Å². The van der Waals surface area contributed by atoms with Crippen molar-refractivity contribution >= 4 is 5.97 Å². The number of carboxylic acids is 1. The Bertz CT molecular complexity index is 598. The maximum atomic E-state index is 13.0. The Labute approximate surface area is 108 Å². The molecule has 2 rings (SSSR count). The van der Waals surface area contributed by atoms with Crippen molar-refractivity contribution in [2.45, 2.75) is 13.5 Å². The normalized spacial score (nSPS) is 10.4. The molecule has 0 fully saturated rings. The zero-order valence-corrected chi connectivity index (χ0v) is 10.2. The largest absolute Gasteiger partial charge is 0.491 e. The zero-order chi connectivity index (χ0) is 13.8. The summed E-state index contributed by atoms with van der Waals surface area (Å²) in [6.07, 6.45) is 1.31. The minimum absolute atomic E-state index is 0.123. The summed E-state index contributed by atoms with van der Waals surface area (Å²) in [7, 11) is 0. The molecular weight excluding hydrogens is 253 g/mol. The fourth-order valence-electron chi connectivity index (χ4n) is 1.48. The molecule has 19 heavy (non-hydrogen) atoms. The molecule has 0 radical (unpaired) electrons. The van der Waals surface area contributed by atoms with Gasteiger partial charge in [-0.05, 0) is 18.6 Å². The third-order valence-corrected chi connectivity index (χ3v) is 2.49. The van der Waals surface area contributed by atoms with Crippen LogP contribution in [0.25, 0.3) is 0 Å². The maximum Gasteiger partial charge on any atom is 0.358 e.